The molecular weight excluding hydrogens is 358 g/mol. The third-order valence-electron chi connectivity index (χ3n) is 4.29. The highest BCUT2D eigenvalue weighted by Crippen LogP contribution is 2.30. The molecule has 0 aliphatic carbocycles. The highest BCUT2D eigenvalue weighted by atomic mass is 16.5. The molecule has 0 saturated heterocycles. The number of ether oxygens (including phenoxy) is 1. The number of methoxy groups -OCH3 is 1. The van der Waals surface area contributed by atoms with Crippen LogP contribution in [0.2, 0.25) is 0 Å². The minimum absolute atomic E-state index is 0.303. The normalized spacial score (nSPS) is 13.1. The van der Waals surface area contributed by atoms with Gasteiger partial charge in [0.15, 0.2) is 11.6 Å². The van der Waals surface area contributed by atoms with Gasteiger partial charge in [-0.1, -0.05) is 0 Å². The number of carbonyl (C=O) groups excluding carboxylic acids is 1. The van der Waals surface area contributed by atoms with E-state index in [1.165, 1.54) is 12.4 Å². The Morgan fingerprint density at radius 2 is 2.11 bits per heavy atom. The van der Waals surface area contributed by atoms with E-state index in [-0.39, 0.29) is 6.03 Å². The molecular formula is C19H19N7O2. The first kappa shape index (κ1) is 17.7. The van der Waals surface area contributed by atoms with E-state index in [1.807, 2.05) is 18.2 Å². The minimum Gasteiger partial charge on any atom is -0.481 e. The SMILES string of the molecule is COc1ccc(-c2ccc3c(n2)N(C(=O)Nc2cnccn2)CCCN3)cn1. The van der Waals surface area contributed by atoms with Crippen LogP contribution in [0.4, 0.5) is 22.1 Å². The quantitative estimate of drug-likeness (QED) is 0.723. The van der Waals surface area contributed by atoms with Crippen molar-refractivity contribution in [2.45, 2.75) is 6.42 Å². The van der Waals surface area contributed by atoms with Gasteiger partial charge >= 0.3 is 6.03 Å². The molecule has 1 aliphatic rings. The predicted molar refractivity (Wildman–Crippen MR) is 106 cm³/mol. The fourth-order valence-corrected chi connectivity index (χ4v) is 2.91. The molecule has 2 N–H and O–H groups in total. The van der Waals surface area contributed by atoms with Crippen molar-refractivity contribution >= 4 is 23.4 Å². The number of hydrogen-bond donors (Lipinski definition) is 2. The maximum absolute atomic E-state index is 12.9. The second kappa shape index (κ2) is 7.87. The van der Waals surface area contributed by atoms with E-state index in [9.17, 15) is 4.79 Å². The van der Waals surface area contributed by atoms with Crippen molar-refractivity contribution in [2.24, 2.45) is 0 Å². The van der Waals surface area contributed by atoms with Crippen molar-refractivity contribution in [3.8, 4) is 17.1 Å². The average molecular weight is 377 g/mol. The van der Waals surface area contributed by atoms with E-state index >= 15 is 0 Å². The lowest BCUT2D eigenvalue weighted by molar-refractivity contribution is 0.256. The molecule has 142 valence electrons. The number of urea groups is 1. The van der Waals surface area contributed by atoms with Gasteiger partial charge in [0.05, 0.1) is 24.7 Å². The molecule has 1 aliphatic heterocycles. The van der Waals surface area contributed by atoms with Gasteiger partial charge in [-0.05, 0) is 24.6 Å². The van der Waals surface area contributed by atoms with Crippen LogP contribution in [-0.4, -0.2) is 46.2 Å². The highest BCUT2D eigenvalue weighted by Gasteiger charge is 2.23. The van der Waals surface area contributed by atoms with Crippen LogP contribution in [-0.2, 0) is 0 Å². The van der Waals surface area contributed by atoms with Crippen LogP contribution in [0.15, 0.2) is 49.1 Å². The first-order chi connectivity index (χ1) is 13.7. The summed E-state index contributed by atoms with van der Waals surface area (Å²) in [5.74, 6) is 1.49. The lowest BCUT2D eigenvalue weighted by Gasteiger charge is -2.22. The van der Waals surface area contributed by atoms with Crippen LogP contribution >= 0.6 is 0 Å². The maximum Gasteiger partial charge on any atom is 0.328 e. The van der Waals surface area contributed by atoms with E-state index in [4.69, 9.17) is 9.72 Å². The van der Waals surface area contributed by atoms with Crippen LogP contribution in [0.5, 0.6) is 5.88 Å². The van der Waals surface area contributed by atoms with Crippen molar-refractivity contribution < 1.29 is 9.53 Å². The molecule has 0 atom stereocenters. The van der Waals surface area contributed by atoms with Gasteiger partial charge in [0.2, 0.25) is 5.88 Å². The molecule has 0 bridgehead atoms. The Bertz CT molecular complexity index is 964. The number of nitrogens with one attached hydrogen (secondary N) is 2. The molecule has 28 heavy (non-hydrogen) atoms. The van der Waals surface area contributed by atoms with Crippen molar-refractivity contribution in [1.29, 1.82) is 0 Å². The Balaban J connectivity index is 1.66. The second-order valence-electron chi connectivity index (χ2n) is 6.11. The van der Waals surface area contributed by atoms with Crippen LogP contribution < -0.4 is 20.3 Å². The molecule has 3 aromatic rings. The lowest BCUT2D eigenvalue weighted by Crippen LogP contribution is -2.36. The van der Waals surface area contributed by atoms with Gasteiger partial charge in [-0.15, -0.1) is 0 Å². The number of pyridine rings is 2. The number of hydrogen-bond acceptors (Lipinski definition) is 7. The standard InChI is InChI=1S/C19H19N7O2/c1-28-17-6-3-13(11-23-17)14-4-5-15-18(24-14)26(10-2-7-21-15)19(27)25-16-12-20-8-9-22-16/h3-6,8-9,11-12,21H,2,7,10H2,1H3,(H,22,25,27). The Labute approximate surface area is 161 Å². The zero-order valence-corrected chi connectivity index (χ0v) is 15.3. The summed E-state index contributed by atoms with van der Waals surface area (Å²) in [5.41, 5.74) is 2.36. The molecule has 0 aromatic carbocycles. The smallest absolute Gasteiger partial charge is 0.328 e. The van der Waals surface area contributed by atoms with E-state index in [0.29, 0.717) is 24.1 Å². The first-order valence-corrected chi connectivity index (χ1v) is 8.84. The average Bonchev–Trinajstić information content (AvgIpc) is 2.96. The third-order valence-corrected chi connectivity index (χ3v) is 4.29. The van der Waals surface area contributed by atoms with Crippen LogP contribution in [0.3, 0.4) is 0 Å². The molecule has 9 nitrogen and oxygen atoms in total. The Hall–Kier alpha value is -3.75. The largest absolute Gasteiger partial charge is 0.481 e. The van der Waals surface area contributed by atoms with Crippen LogP contribution in [0, 0.1) is 0 Å². The Morgan fingerprint density at radius 3 is 2.86 bits per heavy atom. The molecule has 0 saturated carbocycles. The molecule has 2 amide bonds. The molecule has 0 spiro atoms. The summed E-state index contributed by atoms with van der Waals surface area (Å²) in [5, 5.41) is 6.09. The van der Waals surface area contributed by atoms with Gasteiger partial charge in [0.1, 0.15) is 0 Å². The van der Waals surface area contributed by atoms with Crippen molar-refractivity contribution in [3.05, 3.63) is 49.1 Å². The number of fused-ring (bicyclic) bond motifs is 1. The van der Waals surface area contributed by atoms with Crippen molar-refractivity contribution in [2.75, 3.05) is 35.7 Å². The number of amides is 2. The molecule has 4 heterocycles. The van der Waals surface area contributed by atoms with Crippen molar-refractivity contribution in [3.63, 3.8) is 0 Å². The van der Waals surface area contributed by atoms with E-state index < -0.39 is 0 Å². The summed E-state index contributed by atoms with van der Waals surface area (Å²) in [6, 6.07) is 7.19. The van der Waals surface area contributed by atoms with E-state index in [0.717, 1.165) is 29.9 Å². The summed E-state index contributed by atoms with van der Waals surface area (Å²) in [6.07, 6.45) is 7.07. The van der Waals surface area contributed by atoms with Gasteiger partial charge in [-0.25, -0.2) is 19.7 Å². The van der Waals surface area contributed by atoms with Crippen LogP contribution in [0.25, 0.3) is 11.3 Å². The second-order valence-corrected chi connectivity index (χ2v) is 6.11. The minimum atomic E-state index is -0.303. The first-order valence-electron chi connectivity index (χ1n) is 8.84. The zero-order valence-electron chi connectivity index (χ0n) is 15.3. The highest BCUT2D eigenvalue weighted by molar-refractivity contribution is 6.02. The molecule has 4 rings (SSSR count). The maximum atomic E-state index is 12.9. The summed E-state index contributed by atoms with van der Waals surface area (Å²) in [4.78, 5) is 31.5. The number of nitrogens with zero attached hydrogens (tertiary/aromatic N) is 5. The molecule has 0 radical (unpaired) electrons. The molecule has 3 aromatic heterocycles. The lowest BCUT2D eigenvalue weighted by atomic mass is 10.2. The number of anilines is 3. The van der Waals surface area contributed by atoms with E-state index in [1.54, 1.807) is 30.5 Å². The van der Waals surface area contributed by atoms with Gasteiger partial charge in [-0.3, -0.25) is 15.2 Å². The monoisotopic (exact) mass is 377 g/mol. The number of rotatable bonds is 3. The topological polar surface area (TPSA) is 105 Å². The van der Waals surface area contributed by atoms with Gasteiger partial charge in [0, 0.05) is 43.3 Å². The van der Waals surface area contributed by atoms with Gasteiger partial charge in [-0.2, -0.15) is 0 Å². The summed E-state index contributed by atoms with van der Waals surface area (Å²) >= 11 is 0. The van der Waals surface area contributed by atoms with Gasteiger partial charge < -0.3 is 10.1 Å². The van der Waals surface area contributed by atoms with Gasteiger partial charge in [0.25, 0.3) is 0 Å². The molecule has 0 unspecified atom stereocenters. The van der Waals surface area contributed by atoms with E-state index in [2.05, 4.69) is 25.6 Å². The summed E-state index contributed by atoms with van der Waals surface area (Å²) in [7, 11) is 1.57. The Morgan fingerprint density at radius 1 is 1.18 bits per heavy atom. The van der Waals surface area contributed by atoms with Crippen molar-refractivity contribution in [1.82, 2.24) is 19.9 Å². The zero-order chi connectivity index (χ0) is 19.3. The predicted octanol–water partition coefficient (Wildman–Crippen LogP) is 2.80. The Kier molecular flexibility index (Phi) is 4.96. The molecule has 0 fully saturated rings. The third kappa shape index (κ3) is 3.68. The van der Waals surface area contributed by atoms with Crippen LogP contribution in [0.1, 0.15) is 6.42 Å². The summed E-state index contributed by atoms with van der Waals surface area (Å²) in [6.45, 7) is 1.29. The fraction of sp³-hybridized carbons (Fsp3) is 0.211. The number of carbonyl (C=O) groups is 1. The summed E-state index contributed by atoms with van der Waals surface area (Å²) < 4.78 is 5.10. The molecule has 9 heteroatoms. The number of aromatic nitrogens is 4. The fourth-order valence-electron chi connectivity index (χ4n) is 2.91.